The number of hydrogen-bond donors (Lipinski definition) is 1. The van der Waals surface area contributed by atoms with E-state index in [4.69, 9.17) is 4.74 Å². The quantitative estimate of drug-likeness (QED) is 0.829. The highest BCUT2D eigenvalue weighted by Crippen LogP contribution is 2.44. The molecule has 1 fully saturated rings. The van der Waals surface area contributed by atoms with E-state index in [0.717, 1.165) is 18.3 Å². The molecule has 1 saturated carbocycles. The minimum absolute atomic E-state index is 0.468. The number of thiazole rings is 1. The zero-order valence-corrected chi connectivity index (χ0v) is 10.9. The number of aromatic nitrogens is 1. The first kappa shape index (κ1) is 11.9. The Morgan fingerprint density at radius 1 is 1.56 bits per heavy atom. The molecule has 1 aliphatic rings. The highest BCUT2D eigenvalue weighted by Gasteiger charge is 2.36. The van der Waals surface area contributed by atoms with Gasteiger partial charge in [0, 0.05) is 31.3 Å². The third-order valence-electron chi connectivity index (χ3n) is 3.49. The highest BCUT2D eigenvalue weighted by molar-refractivity contribution is 7.15. The molecule has 0 aromatic carbocycles. The Morgan fingerprint density at radius 3 is 2.88 bits per heavy atom. The van der Waals surface area contributed by atoms with E-state index < -0.39 is 0 Å². The number of nitrogens with zero attached hydrogens (tertiary/aromatic N) is 1. The zero-order valence-electron chi connectivity index (χ0n) is 10.1. The molecule has 16 heavy (non-hydrogen) atoms. The summed E-state index contributed by atoms with van der Waals surface area (Å²) in [7, 11) is 1.78. The minimum Gasteiger partial charge on any atom is -0.385 e. The number of methoxy groups -OCH3 is 1. The number of aryl methyl sites for hydroxylation is 1. The summed E-state index contributed by atoms with van der Waals surface area (Å²) in [6.45, 7) is 4.01. The van der Waals surface area contributed by atoms with Crippen LogP contribution in [0.4, 0.5) is 5.13 Å². The molecular formula is C12H20N2OS. The van der Waals surface area contributed by atoms with Crippen LogP contribution >= 0.6 is 11.3 Å². The molecule has 0 unspecified atom stereocenters. The third-order valence-corrected chi connectivity index (χ3v) is 4.36. The van der Waals surface area contributed by atoms with Gasteiger partial charge in [-0.3, -0.25) is 0 Å². The van der Waals surface area contributed by atoms with Crippen molar-refractivity contribution >= 4 is 16.5 Å². The van der Waals surface area contributed by atoms with E-state index in [1.807, 2.05) is 6.20 Å². The van der Waals surface area contributed by atoms with Crippen molar-refractivity contribution in [1.82, 2.24) is 4.98 Å². The van der Waals surface area contributed by atoms with E-state index in [0.29, 0.717) is 5.41 Å². The largest absolute Gasteiger partial charge is 0.385 e. The summed E-state index contributed by atoms with van der Waals surface area (Å²) in [4.78, 5) is 5.60. The number of hydrogen-bond acceptors (Lipinski definition) is 4. The molecule has 0 bridgehead atoms. The number of nitrogens with one attached hydrogen (secondary N) is 1. The van der Waals surface area contributed by atoms with Crippen molar-refractivity contribution in [1.29, 1.82) is 0 Å². The lowest BCUT2D eigenvalue weighted by Crippen LogP contribution is -2.37. The van der Waals surface area contributed by atoms with E-state index in [9.17, 15) is 0 Å². The summed E-state index contributed by atoms with van der Waals surface area (Å²) in [5, 5.41) is 4.53. The lowest BCUT2D eigenvalue weighted by molar-refractivity contribution is 0.0813. The normalized spacial score (nSPS) is 18.1. The Morgan fingerprint density at radius 2 is 2.38 bits per heavy atom. The Bertz CT molecular complexity index is 334. The summed E-state index contributed by atoms with van der Waals surface area (Å²) in [6.07, 6.45) is 7.11. The van der Waals surface area contributed by atoms with E-state index in [1.165, 1.54) is 30.6 Å². The minimum atomic E-state index is 0.468. The predicted octanol–water partition coefficient (Wildman–Crippen LogP) is 3.07. The average Bonchev–Trinajstić information content (AvgIpc) is 2.62. The Balaban J connectivity index is 1.83. The highest BCUT2D eigenvalue weighted by atomic mass is 32.1. The molecule has 3 nitrogen and oxygen atoms in total. The van der Waals surface area contributed by atoms with Gasteiger partial charge >= 0.3 is 0 Å². The Kier molecular flexibility index (Phi) is 3.82. The van der Waals surface area contributed by atoms with Crippen LogP contribution in [0.2, 0.25) is 0 Å². The van der Waals surface area contributed by atoms with Gasteiger partial charge in [-0.15, -0.1) is 11.3 Å². The van der Waals surface area contributed by atoms with E-state index in [2.05, 4.69) is 17.2 Å². The summed E-state index contributed by atoms with van der Waals surface area (Å²) >= 11 is 1.73. The summed E-state index contributed by atoms with van der Waals surface area (Å²) in [5.74, 6) is 0. The Hall–Kier alpha value is -0.610. The van der Waals surface area contributed by atoms with Crippen LogP contribution in [-0.2, 0) is 4.74 Å². The molecule has 0 saturated heterocycles. The SMILES string of the molecule is COCCC1(CNc2ncc(C)s2)CCC1. The van der Waals surface area contributed by atoms with Gasteiger partial charge in [-0.1, -0.05) is 6.42 Å². The molecule has 1 aromatic rings. The molecule has 90 valence electrons. The van der Waals surface area contributed by atoms with Crippen LogP contribution in [-0.4, -0.2) is 25.2 Å². The van der Waals surface area contributed by atoms with E-state index in [-0.39, 0.29) is 0 Å². The molecule has 0 spiro atoms. The molecule has 0 atom stereocenters. The van der Waals surface area contributed by atoms with Gasteiger partial charge in [-0.25, -0.2) is 4.98 Å². The first-order chi connectivity index (χ1) is 7.74. The Labute approximate surface area is 101 Å². The molecule has 0 aliphatic heterocycles. The number of rotatable bonds is 6. The molecule has 1 heterocycles. The third kappa shape index (κ3) is 2.74. The van der Waals surface area contributed by atoms with Crippen LogP contribution in [0.3, 0.4) is 0 Å². The molecule has 1 N–H and O–H groups in total. The van der Waals surface area contributed by atoms with Crippen molar-refractivity contribution in [3.05, 3.63) is 11.1 Å². The second-order valence-electron chi connectivity index (χ2n) is 4.73. The summed E-state index contributed by atoms with van der Waals surface area (Å²) < 4.78 is 5.19. The fourth-order valence-electron chi connectivity index (χ4n) is 2.21. The van der Waals surface area contributed by atoms with Crippen molar-refractivity contribution < 1.29 is 4.74 Å². The number of anilines is 1. The van der Waals surface area contributed by atoms with E-state index in [1.54, 1.807) is 18.4 Å². The van der Waals surface area contributed by atoms with Gasteiger partial charge < -0.3 is 10.1 Å². The van der Waals surface area contributed by atoms with Crippen LogP contribution < -0.4 is 5.32 Å². The van der Waals surface area contributed by atoms with Crippen LogP contribution in [0.25, 0.3) is 0 Å². The van der Waals surface area contributed by atoms with Crippen LogP contribution in [0.15, 0.2) is 6.20 Å². The average molecular weight is 240 g/mol. The van der Waals surface area contributed by atoms with Crippen LogP contribution in [0.1, 0.15) is 30.6 Å². The van der Waals surface area contributed by atoms with Gasteiger partial charge in [-0.2, -0.15) is 0 Å². The second-order valence-corrected chi connectivity index (χ2v) is 5.96. The van der Waals surface area contributed by atoms with Crippen LogP contribution in [0.5, 0.6) is 0 Å². The van der Waals surface area contributed by atoms with Crippen molar-refractivity contribution in [3.8, 4) is 0 Å². The number of ether oxygens (including phenoxy) is 1. The second kappa shape index (κ2) is 5.15. The topological polar surface area (TPSA) is 34.1 Å². The zero-order chi connectivity index (χ0) is 11.4. The molecule has 0 radical (unpaired) electrons. The van der Waals surface area contributed by atoms with Crippen molar-refractivity contribution in [3.63, 3.8) is 0 Å². The van der Waals surface area contributed by atoms with Gasteiger partial charge in [0.05, 0.1) is 0 Å². The summed E-state index contributed by atoms with van der Waals surface area (Å²) in [6, 6.07) is 0. The monoisotopic (exact) mass is 240 g/mol. The fraction of sp³-hybridized carbons (Fsp3) is 0.750. The van der Waals surface area contributed by atoms with Gasteiger partial charge in [0.15, 0.2) is 5.13 Å². The predicted molar refractivity (Wildman–Crippen MR) is 68.1 cm³/mol. The lowest BCUT2D eigenvalue weighted by atomic mass is 9.67. The molecule has 4 heteroatoms. The first-order valence-corrected chi connectivity index (χ1v) is 6.71. The van der Waals surface area contributed by atoms with Crippen molar-refractivity contribution in [2.45, 2.75) is 32.6 Å². The lowest BCUT2D eigenvalue weighted by Gasteiger charge is -2.42. The molecule has 0 amide bonds. The molecular weight excluding hydrogens is 220 g/mol. The van der Waals surface area contributed by atoms with Gasteiger partial charge in [-0.05, 0) is 31.6 Å². The van der Waals surface area contributed by atoms with Gasteiger partial charge in [0.2, 0.25) is 0 Å². The van der Waals surface area contributed by atoms with Crippen LogP contribution in [0, 0.1) is 12.3 Å². The molecule has 2 rings (SSSR count). The van der Waals surface area contributed by atoms with Crippen molar-refractivity contribution in [2.24, 2.45) is 5.41 Å². The maximum Gasteiger partial charge on any atom is 0.182 e. The maximum atomic E-state index is 5.19. The standard InChI is InChI=1S/C12H20N2OS/c1-10-8-13-11(16-10)14-9-12(4-3-5-12)6-7-15-2/h8H,3-7,9H2,1-2H3,(H,13,14). The molecule has 1 aromatic heterocycles. The molecule has 1 aliphatic carbocycles. The van der Waals surface area contributed by atoms with Gasteiger partial charge in [0.25, 0.3) is 0 Å². The smallest absolute Gasteiger partial charge is 0.182 e. The maximum absolute atomic E-state index is 5.19. The van der Waals surface area contributed by atoms with E-state index >= 15 is 0 Å². The van der Waals surface area contributed by atoms with Gasteiger partial charge in [0.1, 0.15) is 0 Å². The summed E-state index contributed by atoms with van der Waals surface area (Å²) in [5.41, 5.74) is 0.468. The first-order valence-electron chi connectivity index (χ1n) is 5.89. The fourth-order valence-corrected chi connectivity index (χ4v) is 2.87. The van der Waals surface area contributed by atoms with Crippen molar-refractivity contribution in [2.75, 3.05) is 25.6 Å².